The van der Waals surface area contributed by atoms with Crippen LogP contribution in [-0.2, 0) is 16.0 Å². The molecule has 0 aliphatic carbocycles. The highest BCUT2D eigenvalue weighted by molar-refractivity contribution is 5.88. The molecule has 1 fully saturated rings. The highest BCUT2D eigenvalue weighted by Crippen LogP contribution is 2.26. The van der Waals surface area contributed by atoms with Gasteiger partial charge in [0.25, 0.3) is 0 Å². The van der Waals surface area contributed by atoms with Crippen molar-refractivity contribution in [3.63, 3.8) is 0 Å². The third kappa shape index (κ3) is 2.41. The molecule has 5 heteroatoms. The summed E-state index contributed by atoms with van der Waals surface area (Å²) in [7, 11) is 0. The number of benzene rings is 1. The van der Waals surface area contributed by atoms with Gasteiger partial charge in [0.1, 0.15) is 6.04 Å². The zero-order valence-electron chi connectivity index (χ0n) is 10.7. The van der Waals surface area contributed by atoms with E-state index in [0.29, 0.717) is 26.1 Å². The molecule has 0 radical (unpaired) electrons. The first-order valence-corrected chi connectivity index (χ1v) is 6.64. The molecule has 1 saturated heterocycles. The Kier molecular flexibility index (Phi) is 3.11. The molecular weight excluding hydrogens is 242 g/mol. The van der Waals surface area contributed by atoms with Crippen LogP contribution in [0.2, 0.25) is 0 Å². The number of carbonyl (C=O) groups excluding carboxylic acids is 2. The molecule has 0 aromatic heterocycles. The van der Waals surface area contributed by atoms with Crippen molar-refractivity contribution in [1.29, 1.82) is 0 Å². The van der Waals surface area contributed by atoms with E-state index in [-0.39, 0.29) is 17.9 Å². The number of nitrogens with zero attached hydrogens (tertiary/aromatic N) is 1. The van der Waals surface area contributed by atoms with Crippen LogP contribution in [0.25, 0.3) is 0 Å². The van der Waals surface area contributed by atoms with E-state index in [0.717, 1.165) is 12.1 Å². The standard InChI is InChI=1S/C14H17N3O2/c18-13-5-7-17(8-6-15-13)14(19)12-9-10-3-1-2-4-11(10)16-12/h1-4,12,16H,5-9H2,(H,15,18). The molecule has 1 unspecified atom stereocenters. The summed E-state index contributed by atoms with van der Waals surface area (Å²) in [4.78, 5) is 25.5. The van der Waals surface area contributed by atoms with Crippen molar-refractivity contribution in [2.45, 2.75) is 18.9 Å². The molecule has 0 saturated carbocycles. The highest BCUT2D eigenvalue weighted by Gasteiger charge is 2.30. The second kappa shape index (κ2) is 4.91. The van der Waals surface area contributed by atoms with Crippen LogP contribution in [0.1, 0.15) is 12.0 Å². The predicted molar refractivity (Wildman–Crippen MR) is 71.8 cm³/mol. The minimum Gasteiger partial charge on any atom is -0.373 e. The van der Waals surface area contributed by atoms with Gasteiger partial charge in [-0.25, -0.2) is 0 Å². The van der Waals surface area contributed by atoms with Gasteiger partial charge in [-0.3, -0.25) is 9.59 Å². The number of rotatable bonds is 1. The normalized spacial score (nSPS) is 22.2. The van der Waals surface area contributed by atoms with Crippen molar-refractivity contribution >= 4 is 17.5 Å². The van der Waals surface area contributed by atoms with E-state index in [1.165, 1.54) is 5.56 Å². The fourth-order valence-corrected chi connectivity index (χ4v) is 2.65. The zero-order chi connectivity index (χ0) is 13.2. The first kappa shape index (κ1) is 12.0. The lowest BCUT2D eigenvalue weighted by Gasteiger charge is -2.23. The number of anilines is 1. The molecule has 2 amide bonds. The van der Waals surface area contributed by atoms with Gasteiger partial charge in [0, 0.05) is 38.2 Å². The summed E-state index contributed by atoms with van der Waals surface area (Å²) in [5.74, 6) is 0.116. The van der Waals surface area contributed by atoms with Crippen LogP contribution < -0.4 is 10.6 Å². The number of hydrogen-bond donors (Lipinski definition) is 2. The average Bonchev–Trinajstić information content (AvgIpc) is 2.74. The van der Waals surface area contributed by atoms with Crippen LogP contribution in [0.5, 0.6) is 0 Å². The van der Waals surface area contributed by atoms with Gasteiger partial charge in [0.15, 0.2) is 0 Å². The van der Waals surface area contributed by atoms with Crippen molar-refractivity contribution in [3.05, 3.63) is 29.8 Å². The Hall–Kier alpha value is -2.04. The van der Waals surface area contributed by atoms with Crippen molar-refractivity contribution in [1.82, 2.24) is 10.2 Å². The monoisotopic (exact) mass is 259 g/mol. The largest absolute Gasteiger partial charge is 0.373 e. The molecule has 2 aliphatic heterocycles. The second-order valence-electron chi connectivity index (χ2n) is 4.98. The molecule has 3 rings (SSSR count). The van der Waals surface area contributed by atoms with E-state index >= 15 is 0 Å². The summed E-state index contributed by atoms with van der Waals surface area (Å²) < 4.78 is 0. The van der Waals surface area contributed by atoms with Crippen LogP contribution in [0.4, 0.5) is 5.69 Å². The Morgan fingerprint density at radius 2 is 2.11 bits per heavy atom. The summed E-state index contributed by atoms with van der Waals surface area (Å²) in [5, 5.41) is 6.05. The first-order chi connectivity index (χ1) is 9.24. The molecule has 5 nitrogen and oxygen atoms in total. The van der Waals surface area contributed by atoms with Gasteiger partial charge in [0.05, 0.1) is 0 Å². The summed E-state index contributed by atoms with van der Waals surface area (Å²) in [6, 6.07) is 7.81. The van der Waals surface area contributed by atoms with E-state index in [2.05, 4.69) is 10.6 Å². The quantitative estimate of drug-likeness (QED) is 0.766. The van der Waals surface area contributed by atoms with Gasteiger partial charge in [-0.1, -0.05) is 18.2 Å². The van der Waals surface area contributed by atoms with Crippen molar-refractivity contribution in [3.8, 4) is 0 Å². The predicted octanol–water partition coefficient (Wildman–Crippen LogP) is 0.372. The van der Waals surface area contributed by atoms with E-state index in [9.17, 15) is 9.59 Å². The molecule has 0 bridgehead atoms. The number of amides is 2. The lowest BCUT2D eigenvalue weighted by Crippen LogP contribution is -2.43. The maximum Gasteiger partial charge on any atom is 0.245 e. The third-order valence-corrected chi connectivity index (χ3v) is 3.69. The lowest BCUT2D eigenvalue weighted by atomic mass is 10.1. The molecule has 1 aromatic rings. The number of fused-ring (bicyclic) bond motifs is 1. The Balaban J connectivity index is 1.67. The summed E-state index contributed by atoms with van der Waals surface area (Å²) in [5.41, 5.74) is 2.23. The van der Waals surface area contributed by atoms with Crippen molar-refractivity contribution in [2.24, 2.45) is 0 Å². The minimum atomic E-state index is -0.189. The fourth-order valence-electron chi connectivity index (χ4n) is 2.65. The highest BCUT2D eigenvalue weighted by atomic mass is 16.2. The fraction of sp³-hybridized carbons (Fsp3) is 0.429. The lowest BCUT2D eigenvalue weighted by molar-refractivity contribution is -0.131. The van der Waals surface area contributed by atoms with Crippen LogP contribution in [0.15, 0.2) is 24.3 Å². The van der Waals surface area contributed by atoms with Gasteiger partial charge in [0.2, 0.25) is 11.8 Å². The van der Waals surface area contributed by atoms with Crippen LogP contribution in [0.3, 0.4) is 0 Å². The molecule has 0 spiro atoms. The van der Waals surface area contributed by atoms with Gasteiger partial charge < -0.3 is 15.5 Å². The summed E-state index contributed by atoms with van der Waals surface area (Å²) in [6.45, 7) is 1.66. The average molecular weight is 259 g/mol. The van der Waals surface area contributed by atoms with Crippen LogP contribution in [-0.4, -0.2) is 42.4 Å². The Morgan fingerprint density at radius 3 is 2.95 bits per heavy atom. The SMILES string of the molecule is O=C1CCN(C(=O)C2Cc3ccccc3N2)CCN1. The smallest absolute Gasteiger partial charge is 0.245 e. The maximum absolute atomic E-state index is 12.5. The van der Waals surface area contributed by atoms with Crippen LogP contribution in [0, 0.1) is 0 Å². The van der Waals surface area contributed by atoms with Gasteiger partial charge in [-0.15, -0.1) is 0 Å². The van der Waals surface area contributed by atoms with E-state index in [1.54, 1.807) is 4.90 Å². The van der Waals surface area contributed by atoms with E-state index in [1.807, 2.05) is 24.3 Å². The molecule has 1 aromatic carbocycles. The van der Waals surface area contributed by atoms with Crippen molar-refractivity contribution < 1.29 is 9.59 Å². The Morgan fingerprint density at radius 1 is 1.26 bits per heavy atom. The molecule has 100 valence electrons. The first-order valence-electron chi connectivity index (χ1n) is 6.64. The molecular formula is C14H17N3O2. The number of hydrogen-bond acceptors (Lipinski definition) is 3. The molecule has 19 heavy (non-hydrogen) atoms. The van der Waals surface area contributed by atoms with Crippen LogP contribution >= 0.6 is 0 Å². The van der Waals surface area contributed by atoms with E-state index < -0.39 is 0 Å². The minimum absolute atomic E-state index is 0.0259. The zero-order valence-corrected chi connectivity index (χ0v) is 10.7. The molecule has 1 atom stereocenters. The Bertz CT molecular complexity index is 490. The topological polar surface area (TPSA) is 61.4 Å². The second-order valence-corrected chi connectivity index (χ2v) is 4.98. The molecule has 2 N–H and O–H groups in total. The molecule has 2 aliphatic rings. The van der Waals surface area contributed by atoms with Crippen molar-refractivity contribution in [2.75, 3.05) is 25.0 Å². The Labute approximate surface area is 112 Å². The number of para-hydroxylation sites is 1. The third-order valence-electron chi connectivity index (χ3n) is 3.69. The van der Waals surface area contributed by atoms with E-state index in [4.69, 9.17) is 0 Å². The van der Waals surface area contributed by atoms with Gasteiger partial charge in [-0.2, -0.15) is 0 Å². The summed E-state index contributed by atoms with van der Waals surface area (Å²) in [6.07, 6.45) is 1.12. The maximum atomic E-state index is 12.5. The van der Waals surface area contributed by atoms with Gasteiger partial charge >= 0.3 is 0 Å². The molecule has 2 heterocycles. The summed E-state index contributed by atoms with van der Waals surface area (Å²) >= 11 is 0. The number of nitrogens with one attached hydrogen (secondary N) is 2. The van der Waals surface area contributed by atoms with Gasteiger partial charge in [-0.05, 0) is 11.6 Å². The number of carbonyl (C=O) groups is 2.